The Balaban J connectivity index is -0.00000139. The molecule has 0 bridgehead atoms. The summed E-state index contributed by atoms with van der Waals surface area (Å²) in [5.41, 5.74) is 6.11. The van der Waals surface area contributed by atoms with Crippen molar-refractivity contribution in [2.45, 2.75) is 108 Å². The van der Waals surface area contributed by atoms with Gasteiger partial charge in [-0.15, -0.1) is 0 Å². The van der Waals surface area contributed by atoms with E-state index in [1.807, 2.05) is 152 Å². The minimum Gasteiger partial charge on any atom is -0.465 e. The highest BCUT2D eigenvalue weighted by atomic mass is 16.6. The summed E-state index contributed by atoms with van der Waals surface area (Å²) in [6.45, 7) is 34.9. The molecule has 1 aliphatic rings. The summed E-state index contributed by atoms with van der Waals surface area (Å²) in [6.07, 6.45) is 26.1. The summed E-state index contributed by atoms with van der Waals surface area (Å²) in [7, 11) is 0. The zero-order chi connectivity index (χ0) is 97.4. The second-order valence-corrected chi connectivity index (χ2v) is 23.8. The van der Waals surface area contributed by atoms with E-state index in [9.17, 15) is 48.4 Å². The molecule has 1 aromatic heterocycles. The number of hydrogen-bond acceptors (Lipinski definition) is 28. The van der Waals surface area contributed by atoms with Crippen LogP contribution in [0.4, 0.5) is 0 Å². The van der Waals surface area contributed by atoms with Crippen molar-refractivity contribution >= 4 is 77.5 Å². The third-order valence-corrected chi connectivity index (χ3v) is 15.1. The van der Waals surface area contributed by atoms with Gasteiger partial charge in [-0.1, -0.05) is 203 Å². The van der Waals surface area contributed by atoms with Crippen LogP contribution in [0.5, 0.6) is 0 Å². The molecule has 0 aliphatic heterocycles. The van der Waals surface area contributed by atoms with E-state index >= 15 is 0 Å². The number of esters is 9. The molecule has 0 saturated heterocycles. The van der Waals surface area contributed by atoms with E-state index in [2.05, 4.69) is 50.0 Å². The van der Waals surface area contributed by atoms with Crippen molar-refractivity contribution in [3.8, 4) is 54.6 Å². The van der Waals surface area contributed by atoms with Crippen molar-refractivity contribution in [3.05, 3.63) is 322 Å². The number of furan rings is 1. The fraction of sp³-hybridized carbons (Fsp3) is 0.248. The third kappa shape index (κ3) is 50.2. The normalized spacial score (nSPS) is 10.9. The Hall–Kier alpha value is -17.1. The van der Waals surface area contributed by atoms with Gasteiger partial charge in [0.2, 0.25) is 0 Å². The van der Waals surface area contributed by atoms with Crippen molar-refractivity contribution in [2.24, 2.45) is 0 Å². The maximum atomic E-state index is 12.1. The number of allylic oxidation sites excluding steroid dienone is 13. The Morgan fingerprint density at radius 3 is 1.04 bits per heavy atom. The second-order valence-electron chi connectivity index (χ2n) is 23.8. The minimum absolute atomic E-state index is 0.000897. The number of benzene rings is 4. The molecule has 1 saturated carbocycles. The van der Waals surface area contributed by atoms with Crippen molar-refractivity contribution in [3.63, 3.8) is 0 Å². The fourth-order valence-electron chi connectivity index (χ4n) is 9.22. The van der Waals surface area contributed by atoms with Crippen LogP contribution in [-0.2, 0) is 85.8 Å². The lowest BCUT2D eigenvalue weighted by Gasteiger charge is -2.14. The quantitative estimate of drug-likeness (QED) is 0.0141. The second kappa shape index (κ2) is 75.8. The Morgan fingerprint density at radius 2 is 0.698 bits per heavy atom. The summed E-state index contributed by atoms with van der Waals surface area (Å²) in [5, 5.41) is 78.6. The monoisotopic (exact) mass is 1750 g/mol. The molecule has 28 nitrogen and oxygen atoms in total. The van der Waals surface area contributed by atoms with E-state index < -0.39 is 53.7 Å². The van der Waals surface area contributed by atoms with Crippen LogP contribution >= 0.6 is 0 Å². The van der Waals surface area contributed by atoms with Gasteiger partial charge in [0.15, 0.2) is 0 Å². The first kappa shape index (κ1) is 116. The van der Waals surface area contributed by atoms with Crippen LogP contribution in [0.2, 0.25) is 0 Å². The molecule has 668 valence electrons. The third-order valence-electron chi connectivity index (χ3n) is 15.1. The van der Waals surface area contributed by atoms with Crippen LogP contribution in [0.1, 0.15) is 136 Å². The summed E-state index contributed by atoms with van der Waals surface area (Å²) in [6, 6.07) is 57.2. The molecule has 4 aromatic carbocycles. The zero-order valence-corrected chi connectivity index (χ0v) is 74.3. The van der Waals surface area contributed by atoms with Crippen molar-refractivity contribution < 1.29 is 90.2 Å². The van der Waals surface area contributed by atoms with Gasteiger partial charge >= 0.3 is 53.7 Å². The van der Waals surface area contributed by atoms with Crippen molar-refractivity contribution in [2.75, 3.05) is 59.5 Å². The molecule has 0 N–H and O–H groups in total. The van der Waals surface area contributed by atoms with Gasteiger partial charge in [0.05, 0.1) is 65.7 Å². The molecular weight excluding hydrogens is 1640 g/mol. The highest BCUT2D eigenvalue weighted by Gasteiger charge is 2.22. The number of nitrogens with zero attached hydrogens (tertiary/aromatic N) is 9. The number of carbonyl (C=O) groups excluding carboxylic acids is 9. The molecule has 0 unspecified atom stereocenters. The van der Waals surface area contributed by atoms with Crippen LogP contribution < -0.4 is 0 Å². The molecule has 5 aromatic rings. The van der Waals surface area contributed by atoms with E-state index in [4.69, 9.17) is 65.5 Å². The van der Waals surface area contributed by atoms with Crippen molar-refractivity contribution in [1.82, 2.24) is 0 Å². The van der Waals surface area contributed by atoms with Gasteiger partial charge in [-0.25, -0.2) is 43.2 Å². The highest BCUT2D eigenvalue weighted by Crippen LogP contribution is 2.28. The van der Waals surface area contributed by atoms with Crippen LogP contribution in [0.3, 0.4) is 0 Å². The maximum Gasteiger partial charge on any atom is 0.349 e. The van der Waals surface area contributed by atoms with Crippen molar-refractivity contribution in [1.29, 1.82) is 47.4 Å². The molecule has 1 aliphatic carbocycles. The molecule has 0 amide bonds. The van der Waals surface area contributed by atoms with E-state index in [0.29, 0.717) is 29.1 Å². The van der Waals surface area contributed by atoms with Crippen LogP contribution in [-0.4, -0.2) is 113 Å². The first-order chi connectivity index (χ1) is 62.3. The minimum atomic E-state index is -0.639. The topological polar surface area (TPSA) is 464 Å². The van der Waals surface area contributed by atoms with Gasteiger partial charge in [0, 0.05) is 11.6 Å². The lowest BCUT2D eigenvalue weighted by atomic mass is 9.91. The van der Waals surface area contributed by atoms with Gasteiger partial charge in [0.25, 0.3) is 0 Å². The van der Waals surface area contributed by atoms with E-state index in [1.165, 1.54) is 67.4 Å². The van der Waals surface area contributed by atoms with E-state index in [0.717, 1.165) is 53.5 Å². The Kier molecular flexibility index (Phi) is 68.2. The van der Waals surface area contributed by atoms with Gasteiger partial charge < -0.3 is 47.0 Å². The molecular formula is C101H105N9O19. The summed E-state index contributed by atoms with van der Waals surface area (Å²) in [4.78, 5) is 101. The number of ether oxygens (including phenoxy) is 9. The van der Waals surface area contributed by atoms with Gasteiger partial charge in [-0.05, 0) is 177 Å². The predicted octanol–water partition coefficient (Wildman–Crippen LogP) is 18.6. The summed E-state index contributed by atoms with van der Waals surface area (Å²) in [5.74, 6) is -4.79. The molecule has 6 rings (SSSR count). The molecule has 0 spiro atoms. The van der Waals surface area contributed by atoms with Crippen LogP contribution in [0.25, 0.3) is 23.8 Å². The van der Waals surface area contributed by atoms with E-state index in [-0.39, 0.29) is 103 Å². The molecule has 0 radical (unpaired) electrons. The van der Waals surface area contributed by atoms with Gasteiger partial charge in [-0.3, -0.25) is 0 Å². The smallest absolute Gasteiger partial charge is 0.349 e. The lowest BCUT2D eigenvalue weighted by molar-refractivity contribution is -0.139. The van der Waals surface area contributed by atoms with Crippen LogP contribution in [0.15, 0.2) is 298 Å². The highest BCUT2D eigenvalue weighted by molar-refractivity contribution is 6.05. The zero-order valence-electron chi connectivity index (χ0n) is 74.3. The number of hydrogen-bond donors (Lipinski definition) is 0. The Labute approximate surface area is 755 Å². The maximum absolute atomic E-state index is 12.1. The number of carbonyl (C=O) groups is 9. The van der Waals surface area contributed by atoms with Gasteiger partial charge in [0.1, 0.15) is 111 Å². The lowest BCUT2D eigenvalue weighted by Crippen LogP contribution is -2.10. The molecule has 1 fully saturated rings. The standard InChI is InChI=1S/C18H15NO2.C14H13NO2.C12H11NO2.C11H15NO2.C10H9NO3.C10H11NO2.2C9H11NO2.C8H9NO2/c1-2-21-18(20)16(13-19)17(14-9-5-3-6-10-14)15-11-7-4-8-12-15;1-2-17-14(16)13(11-15)10-6-9-12-7-4-3-5-8-12;1-2-15-12(14)11(9-13)8-10-6-4-3-5-7-10;1-2-14-11(13)10(8-12)9-6-4-3-5-7-9;1-2-13-10(12)8(7-11)6-9-4-3-5-14-9;1-4-8(5-2)9(7-11)10(12)13-6-3;1-4-7(3)8(6-10)9(11)12-5-2;1-3-5-6-8(7-10)9(11)12-4-2;1-3-5-7(6-9)8(10)11-4-2/h3-12H,2H2,1H3;3-10H,2H2,1H3;3-8H,2H2,1H3;2-7H2,1H3;3-6H,2H2,1H3;4-5H,1-2,6H2,3H3;4H,1,5H2,2-3H3;3,5-6H,4H2,1-2H3;3,5H,1,4H2,2H3/b;9-6+,13-10-;11-8+;;8-6-;;8-7-;5-3+,8-6-;7-5-. The predicted molar refractivity (Wildman–Crippen MR) is 485 cm³/mol. The largest absolute Gasteiger partial charge is 0.465 e. The van der Waals surface area contributed by atoms with Gasteiger partial charge in [-0.2, -0.15) is 47.4 Å². The molecule has 0 atom stereocenters. The SMILES string of the molecule is C/C=C/C=C(/C#N)C(=O)OCC.C=C/C(C)=C(/C#N)C(=O)OCC.C=C/C=C(/C#N)C(=O)OCC.C=CC(C=C)=C(C#N)C(=O)OCC.CCOC(=O)/C(C#N)=C/c1ccccc1.CCOC(=O)/C(C#N)=C\C=C\c1ccccc1.CCOC(=O)/C(C#N)=C\c1ccco1.CCOC(=O)C(C#N)=C(c1ccccc1)c1ccccc1.CCOC(=O)C(C#N)=C1CCCCC1. The first-order valence-electron chi connectivity index (χ1n) is 39.9. The Bertz CT molecular complexity index is 5210. The molecule has 1 heterocycles. The molecule has 28 heteroatoms. The average molecular weight is 1750 g/mol. The van der Waals surface area contributed by atoms with Crippen LogP contribution in [0, 0.1) is 102 Å². The summed E-state index contributed by atoms with van der Waals surface area (Å²) < 4.78 is 47.4. The fourth-order valence-corrected chi connectivity index (χ4v) is 9.22. The molecule has 129 heavy (non-hydrogen) atoms. The first-order valence-corrected chi connectivity index (χ1v) is 39.9. The summed E-state index contributed by atoms with van der Waals surface area (Å²) >= 11 is 0. The Morgan fingerprint density at radius 1 is 0.357 bits per heavy atom. The average Bonchev–Trinajstić information content (AvgIpc) is 1.05. The number of nitriles is 9. The van der Waals surface area contributed by atoms with E-state index in [1.54, 1.807) is 137 Å². The number of rotatable bonds is 29.